The first-order valence-corrected chi connectivity index (χ1v) is 8.00. The molecular weight excluding hydrogens is 299 g/mol. The Morgan fingerprint density at radius 2 is 2.04 bits per heavy atom. The summed E-state index contributed by atoms with van der Waals surface area (Å²) in [7, 11) is 0. The lowest BCUT2D eigenvalue weighted by Crippen LogP contribution is -2.56. The van der Waals surface area contributed by atoms with Gasteiger partial charge in [-0.25, -0.2) is 4.39 Å². The molecule has 0 spiro atoms. The van der Waals surface area contributed by atoms with Crippen molar-refractivity contribution < 1.29 is 18.7 Å². The molecule has 6 heteroatoms. The quantitative estimate of drug-likeness (QED) is 0.824. The van der Waals surface area contributed by atoms with Crippen LogP contribution in [0.1, 0.15) is 18.9 Å². The summed E-state index contributed by atoms with van der Waals surface area (Å²) >= 11 is 0. The van der Waals surface area contributed by atoms with E-state index in [1.54, 1.807) is 28.0 Å². The van der Waals surface area contributed by atoms with Crippen molar-refractivity contribution in [3.05, 3.63) is 35.6 Å². The Hall–Kier alpha value is -1.95. The summed E-state index contributed by atoms with van der Waals surface area (Å²) in [6.45, 7) is 4.34. The number of halogens is 1. The van der Waals surface area contributed by atoms with E-state index in [9.17, 15) is 14.0 Å². The van der Waals surface area contributed by atoms with Crippen LogP contribution in [0.15, 0.2) is 24.3 Å². The number of nitrogens with zero attached hydrogens (tertiary/aromatic N) is 2. The smallest absolute Gasteiger partial charge is 0.228 e. The molecule has 2 fully saturated rings. The molecule has 3 rings (SSSR count). The second-order valence-corrected chi connectivity index (χ2v) is 6.10. The Morgan fingerprint density at radius 3 is 2.70 bits per heavy atom. The van der Waals surface area contributed by atoms with Crippen LogP contribution in [-0.4, -0.2) is 53.9 Å². The first-order valence-electron chi connectivity index (χ1n) is 8.00. The van der Waals surface area contributed by atoms with Gasteiger partial charge in [0, 0.05) is 38.2 Å². The molecule has 2 heterocycles. The van der Waals surface area contributed by atoms with Crippen LogP contribution in [0.2, 0.25) is 0 Å². The van der Waals surface area contributed by atoms with Gasteiger partial charge in [-0.15, -0.1) is 0 Å². The molecule has 0 aliphatic carbocycles. The molecule has 2 aliphatic heterocycles. The van der Waals surface area contributed by atoms with Crippen LogP contribution < -0.4 is 0 Å². The topological polar surface area (TPSA) is 49.9 Å². The molecule has 124 valence electrons. The minimum atomic E-state index is -0.274. The molecule has 0 bridgehead atoms. The standard InChI is InChI=1S/C17H21FN2O3/c1-2-19-8-13(7-16(19)21)17(22)20-9-14(10-20)23-11-12-5-3-4-6-15(12)18/h3-6,13-14H,2,7-11H2,1H3/t13-/m0/s1. The first kappa shape index (κ1) is 15.9. The molecule has 0 saturated carbocycles. The third-order valence-corrected chi connectivity index (χ3v) is 4.54. The predicted octanol–water partition coefficient (Wildman–Crippen LogP) is 1.42. The van der Waals surface area contributed by atoms with Gasteiger partial charge in [0.05, 0.1) is 18.6 Å². The summed E-state index contributed by atoms with van der Waals surface area (Å²) in [6.07, 6.45) is 0.252. The van der Waals surface area contributed by atoms with E-state index in [-0.39, 0.29) is 36.3 Å². The molecule has 1 atom stereocenters. The number of hydrogen-bond acceptors (Lipinski definition) is 3. The maximum atomic E-state index is 13.5. The van der Waals surface area contributed by atoms with Crippen molar-refractivity contribution >= 4 is 11.8 Å². The van der Waals surface area contributed by atoms with E-state index < -0.39 is 0 Å². The van der Waals surface area contributed by atoms with E-state index in [1.807, 2.05) is 6.92 Å². The molecule has 0 N–H and O–H groups in total. The molecule has 0 aromatic heterocycles. The van der Waals surface area contributed by atoms with Gasteiger partial charge in [-0.05, 0) is 13.0 Å². The third kappa shape index (κ3) is 3.37. The number of benzene rings is 1. The summed E-state index contributed by atoms with van der Waals surface area (Å²) in [4.78, 5) is 27.5. The highest BCUT2D eigenvalue weighted by molar-refractivity contribution is 5.89. The highest BCUT2D eigenvalue weighted by atomic mass is 19.1. The highest BCUT2D eigenvalue weighted by Crippen LogP contribution is 2.24. The molecule has 0 unspecified atom stereocenters. The molecule has 2 amide bonds. The van der Waals surface area contributed by atoms with Crippen molar-refractivity contribution in [1.82, 2.24) is 9.80 Å². The van der Waals surface area contributed by atoms with Crippen LogP contribution in [0.4, 0.5) is 4.39 Å². The zero-order chi connectivity index (χ0) is 16.4. The monoisotopic (exact) mass is 320 g/mol. The van der Waals surface area contributed by atoms with Crippen molar-refractivity contribution in [3.63, 3.8) is 0 Å². The average Bonchev–Trinajstić information content (AvgIpc) is 2.88. The van der Waals surface area contributed by atoms with Crippen LogP contribution in [0, 0.1) is 11.7 Å². The zero-order valence-electron chi connectivity index (χ0n) is 13.2. The maximum Gasteiger partial charge on any atom is 0.228 e. The van der Waals surface area contributed by atoms with Gasteiger partial charge in [-0.1, -0.05) is 18.2 Å². The highest BCUT2D eigenvalue weighted by Gasteiger charge is 2.40. The second kappa shape index (κ2) is 6.66. The minimum Gasteiger partial charge on any atom is -0.370 e. The average molecular weight is 320 g/mol. The number of amides is 2. The van der Waals surface area contributed by atoms with Gasteiger partial charge in [0.25, 0.3) is 0 Å². The Balaban J connectivity index is 1.43. The van der Waals surface area contributed by atoms with Crippen LogP contribution in [0.3, 0.4) is 0 Å². The largest absolute Gasteiger partial charge is 0.370 e. The summed E-state index contributed by atoms with van der Waals surface area (Å²) in [6, 6.07) is 6.52. The van der Waals surface area contributed by atoms with E-state index in [2.05, 4.69) is 0 Å². The van der Waals surface area contributed by atoms with Crippen LogP contribution >= 0.6 is 0 Å². The normalized spacial score (nSPS) is 21.7. The van der Waals surface area contributed by atoms with E-state index in [4.69, 9.17) is 4.74 Å². The lowest BCUT2D eigenvalue weighted by Gasteiger charge is -2.40. The van der Waals surface area contributed by atoms with Crippen LogP contribution in [0.5, 0.6) is 0 Å². The summed E-state index contributed by atoms with van der Waals surface area (Å²) in [5, 5.41) is 0. The summed E-state index contributed by atoms with van der Waals surface area (Å²) in [5.74, 6) is -0.419. The number of carbonyl (C=O) groups excluding carboxylic acids is 2. The first-order chi connectivity index (χ1) is 11.1. The lowest BCUT2D eigenvalue weighted by atomic mass is 10.0. The Morgan fingerprint density at radius 1 is 1.30 bits per heavy atom. The van der Waals surface area contributed by atoms with E-state index in [0.717, 1.165) is 0 Å². The van der Waals surface area contributed by atoms with E-state index in [1.165, 1.54) is 6.07 Å². The van der Waals surface area contributed by atoms with Gasteiger partial charge in [0.15, 0.2) is 0 Å². The Bertz CT molecular complexity index is 601. The van der Waals surface area contributed by atoms with Gasteiger partial charge < -0.3 is 14.5 Å². The van der Waals surface area contributed by atoms with Crippen molar-refractivity contribution in [3.8, 4) is 0 Å². The number of rotatable bonds is 5. The Kier molecular flexibility index (Phi) is 4.61. The number of hydrogen-bond donors (Lipinski definition) is 0. The second-order valence-electron chi connectivity index (χ2n) is 6.10. The van der Waals surface area contributed by atoms with Crippen molar-refractivity contribution in [1.29, 1.82) is 0 Å². The SMILES string of the molecule is CCN1C[C@@H](C(=O)N2CC(OCc3ccccc3F)C2)CC1=O. The molecule has 2 saturated heterocycles. The fraction of sp³-hybridized carbons (Fsp3) is 0.529. The number of ether oxygens (including phenoxy) is 1. The van der Waals surface area contributed by atoms with Gasteiger partial charge in [-0.3, -0.25) is 9.59 Å². The van der Waals surface area contributed by atoms with Crippen LogP contribution in [0.25, 0.3) is 0 Å². The molecule has 5 nitrogen and oxygen atoms in total. The lowest BCUT2D eigenvalue weighted by molar-refractivity contribution is -0.150. The van der Waals surface area contributed by atoms with Crippen molar-refractivity contribution in [2.75, 3.05) is 26.2 Å². The van der Waals surface area contributed by atoms with Gasteiger partial charge in [0.2, 0.25) is 11.8 Å². The van der Waals surface area contributed by atoms with Gasteiger partial charge in [0.1, 0.15) is 5.82 Å². The minimum absolute atomic E-state index is 0.0278. The fourth-order valence-corrected chi connectivity index (χ4v) is 3.05. The molecule has 0 radical (unpaired) electrons. The van der Waals surface area contributed by atoms with E-state index >= 15 is 0 Å². The zero-order valence-corrected chi connectivity index (χ0v) is 13.2. The van der Waals surface area contributed by atoms with Gasteiger partial charge in [-0.2, -0.15) is 0 Å². The molecule has 1 aromatic rings. The van der Waals surface area contributed by atoms with Crippen molar-refractivity contribution in [2.45, 2.75) is 26.1 Å². The van der Waals surface area contributed by atoms with E-state index in [0.29, 0.717) is 38.2 Å². The summed E-state index contributed by atoms with van der Waals surface area (Å²) in [5.41, 5.74) is 0.525. The van der Waals surface area contributed by atoms with Crippen LogP contribution in [-0.2, 0) is 20.9 Å². The predicted molar refractivity (Wildman–Crippen MR) is 81.9 cm³/mol. The summed E-state index contributed by atoms with van der Waals surface area (Å²) < 4.78 is 19.1. The number of likely N-dealkylation sites (tertiary alicyclic amines) is 2. The fourth-order valence-electron chi connectivity index (χ4n) is 3.05. The third-order valence-electron chi connectivity index (χ3n) is 4.54. The molecule has 23 heavy (non-hydrogen) atoms. The molecule has 2 aliphatic rings. The molecule has 1 aromatic carbocycles. The Labute approximate surface area is 135 Å². The van der Waals surface area contributed by atoms with Gasteiger partial charge >= 0.3 is 0 Å². The molecular formula is C17H21FN2O3. The maximum absolute atomic E-state index is 13.5. The van der Waals surface area contributed by atoms with Crippen molar-refractivity contribution in [2.24, 2.45) is 5.92 Å². The number of carbonyl (C=O) groups is 2.